The summed E-state index contributed by atoms with van der Waals surface area (Å²) in [4.78, 5) is 37.9. The minimum absolute atomic E-state index is 0.0681. The Bertz CT molecular complexity index is 862. The number of rotatable bonds is 4. The molecule has 26 heavy (non-hydrogen) atoms. The number of benzene rings is 2. The molecule has 0 aliphatic carbocycles. The van der Waals surface area contributed by atoms with E-state index in [2.05, 4.69) is 5.32 Å². The van der Waals surface area contributed by atoms with Crippen LogP contribution in [0.2, 0.25) is 0 Å². The van der Waals surface area contributed by atoms with E-state index in [0.29, 0.717) is 22.7 Å². The molecule has 1 aliphatic rings. The Morgan fingerprint density at radius 3 is 2.73 bits per heavy atom. The molecule has 0 fully saturated rings. The maximum absolute atomic E-state index is 12.8. The van der Waals surface area contributed by atoms with Gasteiger partial charge in [0.05, 0.1) is 11.4 Å². The first-order valence-corrected chi connectivity index (χ1v) is 8.40. The molecule has 0 radical (unpaired) electrons. The fourth-order valence-corrected chi connectivity index (χ4v) is 2.99. The van der Waals surface area contributed by atoms with Crippen LogP contribution in [0.15, 0.2) is 48.5 Å². The van der Waals surface area contributed by atoms with Crippen molar-refractivity contribution in [2.24, 2.45) is 0 Å². The number of anilines is 2. The van der Waals surface area contributed by atoms with Crippen LogP contribution in [0.5, 0.6) is 5.75 Å². The van der Waals surface area contributed by atoms with Crippen LogP contribution in [0, 0.1) is 0 Å². The van der Waals surface area contributed by atoms with E-state index in [9.17, 15) is 14.4 Å². The van der Waals surface area contributed by atoms with Crippen LogP contribution in [0.3, 0.4) is 0 Å². The van der Waals surface area contributed by atoms with Crippen LogP contribution in [-0.4, -0.2) is 30.2 Å². The normalized spacial score (nSPS) is 16.3. The Morgan fingerprint density at radius 1 is 1.19 bits per heavy atom. The van der Waals surface area contributed by atoms with Crippen molar-refractivity contribution in [2.75, 3.05) is 16.8 Å². The van der Waals surface area contributed by atoms with E-state index < -0.39 is 0 Å². The molecule has 1 unspecified atom stereocenters. The Kier molecular flexibility index (Phi) is 5.02. The maximum Gasteiger partial charge on any atom is 0.265 e. The summed E-state index contributed by atoms with van der Waals surface area (Å²) in [6.45, 7) is 3.12. The van der Waals surface area contributed by atoms with Crippen LogP contribution < -0.4 is 15.0 Å². The molecule has 1 N–H and O–H groups in total. The van der Waals surface area contributed by atoms with E-state index in [1.54, 1.807) is 41.3 Å². The van der Waals surface area contributed by atoms with Crippen molar-refractivity contribution >= 4 is 29.0 Å². The van der Waals surface area contributed by atoms with E-state index >= 15 is 0 Å². The fraction of sp³-hybridized carbons (Fsp3) is 0.250. The lowest BCUT2D eigenvalue weighted by Gasteiger charge is -2.27. The Labute approximate surface area is 151 Å². The third-order valence-electron chi connectivity index (χ3n) is 4.23. The van der Waals surface area contributed by atoms with Crippen molar-refractivity contribution in [1.29, 1.82) is 0 Å². The number of Topliss-reactive ketones (excluding diaryl/α,β-unsaturated/α-hetero) is 1. The highest BCUT2D eigenvalue weighted by Crippen LogP contribution is 2.31. The van der Waals surface area contributed by atoms with Crippen LogP contribution in [0.4, 0.5) is 11.4 Å². The predicted molar refractivity (Wildman–Crippen MR) is 98.6 cm³/mol. The van der Waals surface area contributed by atoms with Gasteiger partial charge in [0.2, 0.25) is 5.91 Å². The molecule has 0 aromatic heterocycles. The monoisotopic (exact) mass is 352 g/mol. The van der Waals surface area contributed by atoms with Gasteiger partial charge in [0.1, 0.15) is 5.75 Å². The molecule has 0 saturated carbocycles. The van der Waals surface area contributed by atoms with Gasteiger partial charge in [-0.15, -0.1) is 0 Å². The van der Waals surface area contributed by atoms with Gasteiger partial charge in [0.15, 0.2) is 12.4 Å². The summed E-state index contributed by atoms with van der Waals surface area (Å²) in [6, 6.07) is 13.6. The molecule has 6 nitrogen and oxygen atoms in total. The summed E-state index contributed by atoms with van der Waals surface area (Å²) in [5, 5.41) is 2.82. The standard InChI is InChI=1S/C20H20N2O4/c1-13-10-19(24)21-17-8-3-4-9-18(17)22(13)20(25)12-26-16-7-5-6-15(11-16)14(2)23/h3-9,11,13H,10,12H2,1-2H3,(H,21,24). The number of ketones is 1. The first kappa shape index (κ1) is 17.7. The zero-order chi connectivity index (χ0) is 18.7. The van der Waals surface area contributed by atoms with E-state index in [4.69, 9.17) is 4.74 Å². The summed E-state index contributed by atoms with van der Waals surface area (Å²) < 4.78 is 5.59. The lowest BCUT2D eigenvalue weighted by atomic mass is 10.1. The van der Waals surface area contributed by atoms with Crippen molar-refractivity contribution in [2.45, 2.75) is 26.3 Å². The number of nitrogens with one attached hydrogen (secondary N) is 1. The molecule has 1 heterocycles. The van der Waals surface area contributed by atoms with Crippen molar-refractivity contribution in [3.8, 4) is 5.75 Å². The number of amides is 2. The van der Waals surface area contributed by atoms with Gasteiger partial charge in [-0.1, -0.05) is 24.3 Å². The number of hydrogen-bond acceptors (Lipinski definition) is 4. The van der Waals surface area contributed by atoms with Gasteiger partial charge in [-0.05, 0) is 38.1 Å². The minimum atomic E-state index is -0.293. The van der Waals surface area contributed by atoms with E-state index in [1.807, 2.05) is 19.1 Å². The molecule has 6 heteroatoms. The first-order chi connectivity index (χ1) is 12.5. The molecule has 2 aromatic carbocycles. The van der Waals surface area contributed by atoms with Crippen molar-refractivity contribution < 1.29 is 19.1 Å². The lowest BCUT2D eigenvalue weighted by Crippen LogP contribution is -2.41. The highest BCUT2D eigenvalue weighted by molar-refractivity contribution is 6.04. The highest BCUT2D eigenvalue weighted by Gasteiger charge is 2.29. The quantitative estimate of drug-likeness (QED) is 0.858. The molecule has 2 aromatic rings. The van der Waals surface area contributed by atoms with Gasteiger partial charge < -0.3 is 15.0 Å². The molecule has 2 amide bonds. The molecule has 1 aliphatic heterocycles. The van der Waals surface area contributed by atoms with Crippen molar-refractivity contribution in [3.05, 3.63) is 54.1 Å². The van der Waals surface area contributed by atoms with Crippen LogP contribution in [0.25, 0.3) is 0 Å². The lowest BCUT2D eigenvalue weighted by molar-refractivity contribution is -0.121. The molecule has 0 spiro atoms. The second-order valence-corrected chi connectivity index (χ2v) is 6.25. The molecular formula is C20H20N2O4. The average Bonchev–Trinajstić information content (AvgIpc) is 2.74. The molecule has 0 bridgehead atoms. The molecule has 0 saturated heterocycles. The largest absolute Gasteiger partial charge is 0.484 e. The number of hydrogen-bond donors (Lipinski definition) is 1. The van der Waals surface area contributed by atoms with Gasteiger partial charge in [-0.25, -0.2) is 0 Å². The van der Waals surface area contributed by atoms with Gasteiger partial charge >= 0.3 is 0 Å². The summed E-state index contributed by atoms with van der Waals surface area (Å²) >= 11 is 0. The predicted octanol–water partition coefficient (Wildman–Crippen LogP) is 3.03. The number of nitrogens with zero attached hydrogens (tertiary/aromatic N) is 1. The van der Waals surface area contributed by atoms with Gasteiger partial charge in [0, 0.05) is 18.0 Å². The van der Waals surface area contributed by atoms with Crippen LogP contribution >= 0.6 is 0 Å². The SMILES string of the molecule is CC(=O)c1cccc(OCC(=O)N2c3ccccc3NC(=O)CC2C)c1. The topological polar surface area (TPSA) is 75.7 Å². The average molecular weight is 352 g/mol. The zero-order valence-corrected chi connectivity index (χ0v) is 14.7. The van der Waals surface area contributed by atoms with Gasteiger partial charge in [-0.3, -0.25) is 14.4 Å². The molecular weight excluding hydrogens is 332 g/mol. The molecule has 134 valence electrons. The number of ether oxygens (including phenoxy) is 1. The fourth-order valence-electron chi connectivity index (χ4n) is 2.99. The Balaban J connectivity index is 1.79. The third kappa shape index (κ3) is 3.74. The third-order valence-corrected chi connectivity index (χ3v) is 4.23. The second kappa shape index (κ2) is 7.39. The summed E-state index contributed by atoms with van der Waals surface area (Å²) in [6.07, 6.45) is 0.209. The summed E-state index contributed by atoms with van der Waals surface area (Å²) in [5.41, 5.74) is 1.78. The number of carbonyl (C=O) groups excluding carboxylic acids is 3. The summed E-state index contributed by atoms with van der Waals surface area (Å²) in [7, 11) is 0. The molecule has 1 atom stereocenters. The summed E-state index contributed by atoms with van der Waals surface area (Å²) in [5.74, 6) is 0.00227. The van der Waals surface area contributed by atoms with Gasteiger partial charge in [0.25, 0.3) is 5.91 Å². The number of carbonyl (C=O) groups is 3. The van der Waals surface area contributed by atoms with E-state index in [1.165, 1.54) is 6.92 Å². The second-order valence-electron chi connectivity index (χ2n) is 6.25. The zero-order valence-electron chi connectivity index (χ0n) is 14.7. The number of fused-ring (bicyclic) bond motifs is 1. The molecule has 3 rings (SSSR count). The first-order valence-electron chi connectivity index (χ1n) is 8.40. The minimum Gasteiger partial charge on any atom is -0.484 e. The maximum atomic E-state index is 12.8. The van der Waals surface area contributed by atoms with E-state index in [0.717, 1.165) is 0 Å². The van der Waals surface area contributed by atoms with E-state index in [-0.39, 0.29) is 36.7 Å². The van der Waals surface area contributed by atoms with Crippen molar-refractivity contribution in [1.82, 2.24) is 0 Å². The van der Waals surface area contributed by atoms with Crippen molar-refractivity contribution in [3.63, 3.8) is 0 Å². The Hall–Kier alpha value is -3.15. The number of para-hydroxylation sites is 2. The van der Waals surface area contributed by atoms with Crippen LogP contribution in [0.1, 0.15) is 30.6 Å². The smallest absolute Gasteiger partial charge is 0.265 e. The highest BCUT2D eigenvalue weighted by atomic mass is 16.5. The van der Waals surface area contributed by atoms with Crippen LogP contribution in [-0.2, 0) is 9.59 Å². The Morgan fingerprint density at radius 2 is 1.96 bits per heavy atom. The van der Waals surface area contributed by atoms with Gasteiger partial charge in [-0.2, -0.15) is 0 Å².